The minimum atomic E-state index is -3.13. The Bertz CT molecular complexity index is 494. The van der Waals surface area contributed by atoms with E-state index in [1.54, 1.807) is 0 Å². The average Bonchev–Trinajstić information content (AvgIpc) is 2.16. The zero-order chi connectivity index (χ0) is 11.6. The van der Waals surface area contributed by atoms with Gasteiger partial charge in [0.15, 0.2) is 10.7 Å². The molecular weight excluding hydrogens is 224 g/mol. The molecule has 0 atom stereocenters. The molecule has 0 aliphatic carbocycles. The van der Waals surface area contributed by atoms with Gasteiger partial charge in [-0.05, 0) is 12.1 Å². The summed E-state index contributed by atoms with van der Waals surface area (Å²) in [4.78, 5) is 20.9. The van der Waals surface area contributed by atoms with E-state index in [0.29, 0.717) is 0 Å². The molecule has 7 heteroatoms. The van der Waals surface area contributed by atoms with Crippen molar-refractivity contribution in [3.63, 3.8) is 0 Å². The summed E-state index contributed by atoms with van der Waals surface area (Å²) in [6.45, 7) is 0. The van der Waals surface area contributed by atoms with Crippen molar-refractivity contribution >= 4 is 22.6 Å². The van der Waals surface area contributed by atoms with Gasteiger partial charge in [-0.2, -0.15) is 0 Å². The van der Waals surface area contributed by atoms with Crippen molar-refractivity contribution in [2.24, 2.45) is 0 Å². The van der Waals surface area contributed by atoms with Crippen molar-refractivity contribution in [2.45, 2.75) is 4.90 Å². The van der Waals surface area contributed by atoms with Gasteiger partial charge in [0.25, 0.3) is 0 Å². The first kappa shape index (κ1) is 11.2. The molecule has 1 aromatic carbocycles. The quantitative estimate of drug-likeness (QED) is 0.633. The standard InChI is InChI=1S/C8H6O6S/c9-7(10)4-2-1-3-5(15(13)14)6(4)8(11)12/h1-3,15H,(H,9,10)(H,11,12). The fourth-order valence-corrected chi connectivity index (χ4v) is 1.70. The van der Waals surface area contributed by atoms with E-state index in [-0.39, 0.29) is 0 Å². The maximum atomic E-state index is 10.7. The maximum Gasteiger partial charge on any atom is 0.337 e. The third-order valence-electron chi connectivity index (χ3n) is 1.68. The van der Waals surface area contributed by atoms with Crippen LogP contribution >= 0.6 is 0 Å². The zero-order valence-corrected chi connectivity index (χ0v) is 8.10. The molecule has 0 aliphatic heterocycles. The second-order valence-electron chi connectivity index (χ2n) is 2.57. The van der Waals surface area contributed by atoms with E-state index in [4.69, 9.17) is 10.2 Å². The van der Waals surface area contributed by atoms with E-state index >= 15 is 0 Å². The lowest BCUT2D eigenvalue weighted by atomic mass is 10.1. The monoisotopic (exact) mass is 230 g/mol. The normalized spacial score (nSPS) is 10.2. The first-order valence-electron chi connectivity index (χ1n) is 3.69. The van der Waals surface area contributed by atoms with Crippen molar-refractivity contribution in [3.8, 4) is 0 Å². The molecule has 0 heterocycles. The summed E-state index contributed by atoms with van der Waals surface area (Å²) < 4.78 is 21.4. The van der Waals surface area contributed by atoms with Gasteiger partial charge in [0.1, 0.15) is 0 Å². The number of rotatable bonds is 3. The van der Waals surface area contributed by atoms with Gasteiger partial charge >= 0.3 is 11.9 Å². The maximum absolute atomic E-state index is 10.7. The molecule has 0 saturated carbocycles. The van der Waals surface area contributed by atoms with Crippen LogP contribution in [0.2, 0.25) is 0 Å². The molecule has 0 amide bonds. The van der Waals surface area contributed by atoms with Gasteiger partial charge in [-0.1, -0.05) is 6.07 Å². The van der Waals surface area contributed by atoms with Gasteiger partial charge in [0, 0.05) is 0 Å². The molecule has 0 unspecified atom stereocenters. The highest BCUT2D eigenvalue weighted by molar-refractivity contribution is 7.72. The summed E-state index contributed by atoms with van der Waals surface area (Å²) in [5.41, 5.74) is -1.25. The summed E-state index contributed by atoms with van der Waals surface area (Å²) in [7, 11) is -3.13. The molecule has 0 saturated heterocycles. The van der Waals surface area contributed by atoms with Gasteiger partial charge in [0.2, 0.25) is 0 Å². The molecular formula is C8H6O6S. The predicted molar refractivity (Wildman–Crippen MR) is 48.9 cm³/mol. The molecule has 1 rings (SSSR count). The summed E-state index contributed by atoms with van der Waals surface area (Å²) in [5, 5.41) is 17.4. The average molecular weight is 230 g/mol. The van der Waals surface area contributed by atoms with E-state index in [1.807, 2.05) is 0 Å². The first-order valence-corrected chi connectivity index (χ1v) is 4.87. The van der Waals surface area contributed by atoms with Crippen LogP contribution in [0.15, 0.2) is 23.1 Å². The molecule has 0 bridgehead atoms. The van der Waals surface area contributed by atoms with Gasteiger partial charge in [0.05, 0.1) is 16.0 Å². The second-order valence-corrected chi connectivity index (χ2v) is 3.56. The van der Waals surface area contributed by atoms with Crippen LogP contribution in [0.1, 0.15) is 20.7 Å². The van der Waals surface area contributed by atoms with Crippen LogP contribution in [0.3, 0.4) is 0 Å². The van der Waals surface area contributed by atoms with E-state index < -0.39 is 38.7 Å². The van der Waals surface area contributed by atoms with Crippen LogP contribution in [0.4, 0.5) is 0 Å². The highest BCUT2D eigenvalue weighted by Gasteiger charge is 2.20. The van der Waals surface area contributed by atoms with E-state index in [1.165, 1.54) is 6.07 Å². The van der Waals surface area contributed by atoms with E-state index in [9.17, 15) is 18.0 Å². The van der Waals surface area contributed by atoms with Gasteiger partial charge in [-0.25, -0.2) is 18.0 Å². The summed E-state index contributed by atoms with van der Waals surface area (Å²) in [6, 6.07) is 3.26. The van der Waals surface area contributed by atoms with Crippen molar-refractivity contribution < 1.29 is 28.2 Å². The molecule has 80 valence electrons. The number of thiol groups is 1. The highest BCUT2D eigenvalue weighted by atomic mass is 32.2. The van der Waals surface area contributed by atoms with Crippen molar-refractivity contribution in [3.05, 3.63) is 29.3 Å². The van der Waals surface area contributed by atoms with E-state index in [2.05, 4.69) is 0 Å². The van der Waals surface area contributed by atoms with Gasteiger partial charge < -0.3 is 10.2 Å². The third kappa shape index (κ3) is 2.13. The molecule has 6 nitrogen and oxygen atoms in total. The Morgan fingerprint density at radius 3 is 2.07 bits per heavy atom. The van der Waals surface area contributed by atoms with E-state index in [0.717, 1.165) is 12.1 Å². The van der Waals surface area contributed by atoms with Gasteiger partial charge in [-0.15, -0.1) is 0 Å². The van der Waals surface area contributed by atoms with Crippen LogP contribution in [0.25, 0.3) is 0 Å². The van der Waals surface area contributed by atoms with Crippen molar-refractivity contribution in [1.29, 1.82) is 0 Å². The molecule has 15 heavy (non-hydrogen) atoms. The van der Waals surface area contributed by atoms with Crippen molar-refractivity contribution in [1.82, 2.24) is 0 Å². The lowest BCUT2D eigenvalue weighted by Gasteiger charge is -2.02. The lowest BCUT2D eigenvalue weighted by Crippen LogP contribution is -2.10. The molecule has 0 fully saturated rings. The van der Waals surface area contributed by atoms with Crippen LogP contribution < -0.4 is 0 Å². The molecule has 1 aromatic rings. The molecule has 0 aromatic heterocycles. The Morgan fingerprint density at radius 1 is 1.07 bits per heavy atom. The number of hydrogen-bond acceptors (Lipinski definition) is 4. The molecule has 0 radical (unpaired) electrons. The zero-order valence-electron chi connectivity index (χ0n) is 7.21. The van der Waals surface area contributed by atoms with Crippen LogP contribution in [-0.2, 0) is 10.7 Å². The fraction of sp³-hybridized carbons (Fsp3) is 0. The highest BCUT2D eigenvalue weighted by Crippen LogP contribution is 2.16. The minimum absolute atomic E-state index is 0.502. The Morgan fingerprint density at radius 2 is 1.67 bits per heavy atom. The molecule has 2 N–H and O–H groups in total. The predicted octanol–water partition coefficient (Wildman–Crippen LogP) is 0.0533. The Hall–Kier alpha value is -1.89. The Kier molecular flexibility index (Phi) is 3.05. The minimum Gasteiger partial charge on any atom is -0.478 e. The molecule has 0 spiro atoms. The smallest absolute Gasteiger partial charge is 0.337 e. The lowest BCUT2D eigenvalue weighted by molar-refractivity contribution is 0.0648. The second kappa shape index (κ2) is 4.09. The number of carboxylic acid groups (broad SMARTS) is 2. The number of carbonyl (C=O) groups is 2. The largest absolute Gasteiger partial charge is 0.478 e. The summed E-state index contributed by atoms with van der Waals surface area (Å²) >= 11 is 0. The third-order valence-corrected chi connectivity index (χ3v) is 2.45. The SMILES string of the molecule is O=C(O)c1cccc([SH](=O)=O)c1C(=O)O. The Balaban J connectivity index is 3.63. The number of aromatic carboxylic acids is 2. The van der Waals surface area contributed by atoms with Crippen LogP contribution in [-0.4, -0.2) is 30.6 Å². The molecule has 0 aliphatic rings. The number of carboxylic acids is 2. The van der Waals surface area contributed by atoms with Crippen LogP contribution in [0, 0.1) is 0 Å². The Labute approximate surface area is 85.7 Å². The van der Waals surface area contributed by atoms with Gasteiger partial charge in [-0.3, -0.25) is 0 Å². The topological polar surface area (TPSA) is 109 Å². The fourth-order valence-electron chi connectivity index (χ4n) is 1.10. The first-order chi connectivity index (χ1) is 6.95. The number of benzene rings is 1. The van der Waals surface area contributed by atoms with Crippen molar-refractivity contribution in [2.75, 3.05) is 0 Å². The summed E-state index contributed by atoms with van der Waals surface area (Å²) in [6.07, 6.45) is 0. The van der Waals surface area contributed by atoms with Crippen LogP contribution in [0.5, 0.6) is 0 Å². The number of hydrogen-bond donors (Lipinski definition) is 3. The summed E-state index contributed by atoms with van der Waals surface area (Å²) in [5.74, 6) is -3.06.